The molecule has 2 heteroatoms. The summed E-state index contributed by atoms with van der Waals surface area (Å²) in [6, 6.07) is 0.688. The maximum absolute atomic E-state index is 5.08. The van der Waals surface area contributed by atoms with E-state index in [-0.39, 0.29) is 0 Å². The molecule has 0 fully saturated rings. The number of unbranched alkanes of at least 4 members (excludes halogenated alkanes) is 5. The lowest BCUT2D eigenvalue weighted by Crippen LogP contribution is -2.34. The number of nitrogens with one attached hydrogen (secondary N) is 1. The van der Waals surface area contributed by atoms with Crippen molar-refractivity contribution in [2.75, 3.05) is 20.3 Å². The third-order valence-electron chi connectivity index (χ3n) is 3.61. The molecule has 0 saturated carbocycles. The lowest BCUT2D eigenvalue weighted by atomic mass is 9.97. The Morgan fingerprint density at radius 3 is 2.22 bits per heavy atom. The summed E-state index contributed by atoms with van der Waals surface area (Å²) in [4.78, 5) is 0. The molecule has 1 unspecified atom stereocenters. The highest BCUT2D eigenvalue weighted by Gasteiger charge is 2.11. The Morgan fingerprint density at radius 2 is 1.61 bits per heavy atom. The minimum absolute atomic E-state index is 0.688. The molecule has 0 amide bonds. The van der Waals surface area contributed by atoms with Crippen molar-refractivity contribution in [1.82, 2.24) is 5.32 Å². The lowest BCUT2D eigenvalue weighted by Gasteiger charge is -2.22. The Bertz CT molecular complexity index is 159. The fourth-order valence-electron chi connectivity index (χ4n) is 2.32. The Labute approximate surface area is 115 Å². The van der Waals surface area contributed by atoms with Gasteiger partial charge >= 0.3 is 0 Å². The van der Waals surface area contributed by atoms with Crippen molar-refractivity contribution in [1.29, 1.82) is 0 Å². The van der Waals surface area contributed by atoms with Crippen LogP contribution in [0.5, 0.6) is 0 Å². The van der Waals surface area contributed by atoms with E-state index in [1.54, 1.807) is 7.11 Å². The SMILES string of the molecule is CCCCCCCCC(NCCCOC)C(C)C. The molecule has 110 valence electrons. The largest absolute Gasteiger partial charge is 0.385 e. The summed E-state index contributed by atoms with van der Waals surface area (Å²) in [7, 11) is 1.77. The summed E-state index contributed by atoms with van der Waals surface area (Å²) in [6.07, 6.45) is 10.8. The number of ether oxygens (including phenoxy) is 1. The van der Waals surface area contributed by atoms with Crippen molar-refractivity contribution < 1.29 is 4.74 Å². The molecule has 0 bridgehead atoms. The minimum atomic E-state index is 0.688. The molecule has 0 aliphatic heterocycles. The van der Waals surface area contributed by atoms with Gasteiger partial charge in [-0.3, -0.25) is 0 Å². The first-order valence-corrected chi connectivity index (χ1v) is 7.94. The highest BCUT2D eigenvalue weighted by molar-refractivity contribution is 4.70. The monoisotopic (exact) mass is 257 g/mol. The van der Waals surface area contributed by atoms with Crippen molar-refractivity contribution in [3.63, 3.8) is 0 Å². The van der Waals surface area contributed by atoms with Crippen LogP contribution in [0.25, 0.3) is 0 Å². The molecule has 18 heavy (non-hydrogen) atoms. The first-order valence-electron chi connectivity index (χ1n) is 7.94. The fraction of sp³-hybridized carbons (Fsp3) is 1.00. The van der Waals surface area contributed by atoms with Crippen LogP contribution < -0.4 is 5.32 Å². The quantitative estimate of drug-likeness (QED) is 0.494. The topological polar surface area (TPSA) is 21.3 Å². The fourth-order valence-corrected chi connectivity index (χ4v) is 2.32. The van der Waals surface area contributed by atoms with Gasteiger partial charge in [-0.25, -0.2) is 0 Å². The highest BCUT2D eigenvalue weighted by atomic mass is 16.5. The van der Waals surface area contributed by atoms with Gasteiger partial charge in [-0.15, -0.1) is 0 Å². The normalized spacial score (nSPS) is 13.2. The van der Waals surface area contributed by atoms with E-state index in [2.05, 4.69) is 26.1 Å². The van der Waals surface area contributed by atoms with Crippen molar-refractivity contribution in [2.24, 2.45) is 5.92 Å². The third-order valence-corrected chi connectivity index (χ3v) is 3.61. The van der Waals surface area contributed by atoms with Crippen LogP contribution in [0.1, 0.15) is 72.1 Å². The number of hydrogen-bond acceptors (Lipinski definition) is 2. The van der Waals surface area contributed by atoms with E-state index in [1.807, 2.05) is 0 Å². The molecular formula is C16H35NO. The van der Waals surface area contributed by atoms with Gasteiger partial charge in [0.2, 0.25) is 0 Å². The number of rotatable bonds is 13. The Kier molecular flexibility index (Phi) is 13.3. The molecule has 0 heterocycles. The number of methoxy groups -OCH3 is 1. The maximum atomic E-state index is 5.08. The van der Waals surface area contributed by atoms with E-state index in [0.29, 0.717) is 6.04 Å². The molecule has 0 aromatic carbocycles. The third kappa shape index (κ3) is 11.0. The zero-order valence-electron chi connectivity index (χ0n) is 13.1. The summed E-state index contributed by atoms with van der Waals surface area (Å²) in [5.41, 5.74) is 0. The molecule has 0 spiro atoms. The molecule has 1 atom stereocenters. The standard InChI is InChI=1S/C16H35NO/c1-5-6-7-8-9-10-12-16(15(2)3)17-13-11-14-18-4/h15-17H,5-14H2,1-4H3. The molecule has 0 radical (unpaired) electrons. The van der Waals surface area contributed by atoms with Gasteiger partial charge < -0.3 is 10.1 Å². The highest BCUT2D eigenvalue weighted by Crippen LogP contribution is 2.13. The molecule has 1 N–H and O–H groups in total. The van der Waals surface area contributed by atoms with E-state index in [0.717, 1.165) is 25.5 Å². The lowest BCUT2D eigenvalue weighted by molar-refractivity contribution is 0.191. The minimum Gasteiger partial charge on any atom is -0.385 e. The summed E-state index contributed by atoms with van der Waals surface area (Å²) >= 11 is 0. The van der Waals surface area contributed by atoms with E-state index in [1.165, 1.54) is 44.9 Å². The van der Waals surface area contributed by atoms with Crippen LogP contribution in [0, 0.1) is 5.92 Å². The predicted molar refractivity (Wildman–Crippen MR) is 81.1 cm³/mol. The van der Waals surface area contributed by atoms with Gasteiger partial charge in [-0.2, -0.15) is 0 Å². The summed E-state index contributed by atoms with van der Waals surface area (Å²) in [6.45, 7) is 8.89. The second kappa shape index (κ2) is 13.4. The average Bonchev–Trinajstić information content (AvgIpc) is 2.35. The molecular weight excluding hydrogens is 222 g/mol. The van der Waals surface area contributed by atoms with E-state index in [9.17, 15) is 0 Å². The molecule has 0 saturated heterocycles. The van der Waals surface area contributed by atoms with Gasteiger partial charge in [0.1, 0.15) is 0 Å². The van der Waals surface area contributed by atoms with Crippen molar-refractivity contribution in [2.45, 2.75) is 78.2 Å². The van der Waals surface area contributed by atoms with Gasteiger partial charge in [0.15, 0.2) is 0 Å². The van der Waals surface area contributed by atoms with E-state index < -0.39 is 0 Å². The molecule has 0 aliphatic carbocycles. The van der Waals surface area contributed by atoms with Crippen LogP contribution in [0.2, 0.25) is 0 Å². The maximum Gasteiger partial charge on any atom is 0.0474 e. The molecule has 0 aromatic rings. The number of hydrogen-bond donors (Lipinski definition) is 1. The van der Waals surface area contributed by atoms with Crippen LogP contribution in [-0.4, -0.2) is 26.3 Å². The first-order chi connectivity index (χ1) is 8.72. The van der Waals surface area contributed by atoms with Gasteiger partial charge in [0, 0.05) is 19.8 Å². The predicted octanol–water partition coefficient (Wildman–Crippen LogP) is 4.39. The van der Waals surface area contributed by atoms with Crippen LogP contribution in [-0.2, 0) is 4.74 Å². The van der Waals surface area contributed by atoms with Gasteiger partial charge in [-0.05, 0) is 25.3 Å². The van der Waals surface area contributed by atoms with Gasteiger partial charge in [-0.1, -0.05) is 59.3 Å². The van der Waals surface area contributed by atoms with E-state index in [4.69, 9.17) is 4.74 Å². The second-order valence-electron chi connectivity index (χ2n) is 5.71. The average molecular weight is 257 g/mol. The molecule has 0 aliphatic rings. The second-order valence-corrected chi connectivity index (χ2v) is 5.71. The van der Waals surface area contributed by atoms with E-state index >= 15 is 0 Å². The molecule has 2 nitrogen and oxygen atoms in total. The summed E-state index contributed by atoms with van der Waals surface area (Å²) < 4.78 is 5.08. The van der Waals surface area contributed by atoms with Crippen molar-refractivity contribution in [3.8, 4) is 0 Å². The van der Waals surface area contributed by atoms with Gasteiger partial charge in [0.25, 0.3) is 0 Å². The molecule has 0 rings (SSSR count). The Morgan fingerprint density at radius 1 is 0.944 bits per heavy atom. The Hall–Kier alpha value is -0.0800. The van der Waals surface area contributed by atoms with Crippen molar-refractivity contribution in [3.05, 3.63) is 0 Å². The van der Waals surface area contributed by atoms with Crippen LogP contribution >= 0.6 is 0 Å². The zero-order chi connectivity index (χ0) is 13.6. The van der Waals surface area contributed by atoms with Crippen LogP contribution in [0.3, 0.4) is 0 Å². The van der Waals surface area contributed by atoms with Crippen molar-refractivity contribution >= 4 is 0 Å². The first kappa shape index (κ1) is 17.9. The van der Waals surface area contributed by atoms with Crippen LogP contribution in [0.15, 0.2) is 0 Å². The smallest absolute Gasteiger partial charge is 0.0474 e. The summed E-state index contributed by atoms with van der Waals surface area (Å²) in [5.74, 6) is 0.739. The Balaban J connectivity index is 3.51. The molecule has 0 aromatic heterocycles. The van der Waals surface area contributed by atoms with Gasteiger partial charge in [0.05, 0.1) is 0 Å². The zero-order valence-corrected chi connectivity index (χ0v) is 13.1. The van der Waals surface area contributed by atoms with Crippen LogP contribution in [0.4, 0.5) is 0 Å². The summed E-state index contributed by atoms with van der Waals surface area (Å²) in [5, 5.41) is 3.68.